The molecule has 1 aliphatic rings. The molecular weight excluding hydrogens is 184 g/mol. The topological polar surface area (TPSA) is 6.48 Å². The number of hydrogen-bond donors (Lipinski definition) is 0. The summed E-state index contributed by atoms with van der Waals surface area (Å²) >= 11 is 0. The zero-order valence-corrected chi connectivity index (χ0v) is 11.1. The minimum atomic E-state index is 0.540. The molecule has 1 rings (SSSR count). The molecule has 1 fully saturated rings. The quantitative estimate of drug-likeness (QED) is 0.691. The summed E-state index contributed by atoms with van der Waals surface area (Å²) < 4.78 is 0. The van der Waals surface area contributed by atoms with Crippen molar-refractivity contribution in [3.8, 4) is 0 Å². The van der Waals surface area contributed by atoms with E-state index in [9.17, 15) is 0 Å². The first-order valence-electron chi connectivity index (χ1n) is 6.44. The van der Waals surface area contributed by atoms with Crippen LogP contribution >= 0.6 is 0 Å². The van der Waals surface area contributed by atoms with Crippen LogP contribution in [0.1, 0.15) is 40.0 Å². The molecule has 0 radical (unpaired) electrons. The van der Waals surface area contributed by atoms with Crippen molar-refractivity contribution in [3.05, 3.63) is 0 Å². The molecule has 0 amide bonds. The molecule has 0 aromatic heterocycles. The van der Waals surface area contributed by atoms with Crippen molar-refractivity contribution in [2.45, 2.75) is 40.0 Å². The molecule has 1 aliphatic heterocycles. The zero-order chi connectivity index (χ0) is 11.3. The highest BCUT2D eigenvalue weighted by molar-refractivity contribution is 4.74. The molecule has 0 aromatic rings. The standard InChI is InChI=1S/C13H28N2/c1-5-6-13(2,3)7-8-15-11-9-14(4)10-12-15/h5-12H2,1-4H3. The van der Waals surface area contributed by atoms with E-state index in [0.29, 0.717) is 5.41 Å². The minimum absolute atomic E-state index is 0.540. The molecule has 2 nitrogen and oxygen atoms in total. The van der Waals surface area contributed by atoms with Gasteiger partial charge in [-0.3, -0.25) is 0 Å². The van der Waals surface area contributed by atoms with Crippen LogP contribution in [0.25, 0.3) is 0 Å². The second kappa shape index (κ2) is 5.86. The van der Waals surface area contributed by atoms with E-state index in [1.807, 2.05) is 0 Å². The van der Waals surface area contributed by atoms with Crippen molar-refractivity contribution in [2.24, 2.45) is 5.41 Å². The van der Waals surface area contributed by atoms with Gasteiger partial charge in [0.2, 0.25) is 0 Å². The van der Waals surface area contributed by atoms with E-state index in [2.05, 4.69) is 37.6 Å². The van der Waals surface area contributed by atoms with E-state index in [1.54, 1.807) is 0 Å². The Labute approximate surface area is 95.6 Å². The number of hydrogen-bond acceptors (Lipinski definition) is 2. The minimum Gasteiger partial charge on any atom is -0.304 e. The molecule has 0 spiro atoms. The Morgan fingerprint density at radius 2 is 1.60 bits per heavy atom. The third-order valence-corrected chi connectivity index (χ3v) is 3.63. The lowest BCUT2D eigenvalue weighted by Gasteiger charge is -2.34. The first kappa shape index (κ1) is 13.0. The van der Waals surface area contributed by atoms with Crippen LogP contribution < -0.4 is 0 Å². The Morgan fingerprint density at radius 3 is 2.13 bits per heavy atom. The summed E-state index contributed by atoms with van der Waals surface area (Å²) in [5.41, 5.74) is 0.540. The van der Waals surface area contributed by atoms with E-state index >= 15 is 0 Å². The monoisotopic (exact) mass is 212 g/mol. The van der Waals surface area contributed by atoms with Gasteiger partial charge in [-0.2, -0.15) is 0 Å². The number of piperazine rings is 1. The van der Waals surface area contributed by atoms with Crippen LogP contribution in [0.15, 0.2) is 0 Å². The van der Waals surface area contributed by atoms with Gasteiger partial charge in [0, 0.05) is 26.2 Å². The molecule has 1 heterocycles. The maximum absolute atomic E-state index is 2.62. The van der Waals surface area contributed by atoms with Crippen molar-refractivity contribution in [2.75, 3.05) is 39.8 Å². The summed E-state index contributed by atoms with van der Waals surface area (Å²) in [6, 6.07) is 0. The largest absolute Gasteiger partial charge is 0.304 e. The average molecular weight is 212 g/mol. The van der Waals surface area contributed by atoms with E-state index in [1.165, 1.54) is 52.0 Å². The zero-order valence-electron chi connectivity index (χ0n) is 11.1. The third kappa shape index (κ3) is 4.98. The molecular formula is C13H28N2. The van der Waals surface area contributed by atoms with Crippen LogP contribution in [0.5, 0.6) is 0 Å². The van der Waals surface area contributed by atoms with Crippen molar-refractivity contribution >= 4 is 0 Å². The maximum Gasteiger partial charge on any atom is 0.0110 e. The summed E-state index contributed by atoms with van der Waals surface area (Å²) in [7, 11) is 2.22. The lowest BCUT2D eigenvalue weighted by atomic mass is 9.84. The van der Waals surface area contributed by atoms with Gasteiger partial charge in [-0.05, 0) is 31.8 Å². The Kier molecular flexibility index (Phi) is 5.07. The van der Waals surface area contributed by atoms with Crippen LogP contribution in [0.2, 0.25) is 0 Å². The number of likely N-dealkylation sites (N-methyl/N-ethyl adjacent to an activating group) is 1. The molecule has 0 atom stereocenters. The predicted octanol–water partition coefficient (Wildman–Crippen LogP) is 2.45. The van der Waals surface area contributed by atoms with Gasteiger partial charge in [-0.25, -0.2) is 0 Å². The second-order valence-corrected chi connectivity index (χ2v) is 5.81. The molecule has 2 heteroatoms. The van der Waals surface area contributed by atoms with Gasteiger partial charge >= 0.3 is 0 Å². The smallest absolute Gasteiger partial charge is 0.0110 e. The van der Waals surface area contributed by atoms with Crippen molar-refractivity contribution in [1.82, 2.24) is 9.80 Å². The van der Waals surface area contributed by atoms with Gasteiger partial charge in [0.05, 0.1) is 0 Å². The predicted molar refractivity (Wildman–Crippen MR) is 67.2 cm³/mol. The normalized spacial score (nSPS) is 20.8. The molecule has 90 valence electrons. The van der Waals surface area contributed by atoms with Gasteiger partial charge in [-0.1, -0.05) is 27.2 Å². The van der Waals surface area contributed by atoms with Crippen LogP contribution in [0.4, 0.5) is 0 Å². The number of rotatable bonds is 5. The van der Waals surface area contributed by atoms with E-state index in [-0.39, 0.29) is 0 Å². The Hall–Kier alpha value is -0.0800. The summed E-state index contributed by atoms with van der Waals surface area (Å²) in [5, 5.41) is 0. The molecule has 0 bridgehead atoms. The van der Waals surface area contributed by atoms with E-state index < -0.39 is 0 Å². The number of nitrogens with zero attached hydrogens (tertiary/aromatic N) is 2. The summed E-state index contributed by atoms with van der Waals surface area (Å²) in [5.74, 6) is 0. The second-order valence-electron chi connectivity index (χ2n) is 5.81. The van der Waals surface area contributed by atoms with Crippen LogP contribution in [0.3, 0.4) is 0 Å². The van der Waals surface area contributed by atoms with Crippen molar-refractivity contribution < 1.29 is 0 Å². The fourth-order valence-electron chi connectivity index (χ4n) is 2.33. The molecule has 0 saturated carbocycles. The van der Waals surface area contributed by atoms with Crippen LogP contribution in [-0.2, 0) is 0 Å². The molecule has 0 aliphatic carbocycles. The average Bonchev–Trinajstić information content (AvgIpc) is 2.17. The van der Waals surface area contributed by atoms with Gasteiger partial charge in [0.1, 0.15) is 0 Å². The highest BCUT2D eigenvalue weighted by Gasteiger charge is 2.19. The van der Waals surface area contributed by atoms with Gasteiger partial charge in [0.25, 0.3) is 0 Å². The summed E-state index contributed by atoms with van der Waals surface area (Å²) in [6.45, 7) is 13.4. The van der Waals surface area contributed by atoms with E-state index in [0.717, 1.165) is 0 Å². The van der Waals surface area contributed by atoms with E-state index in [4.69, 9.17) is 0 Å². The highest BCUT2D eigenvalue weighted by atomic mass is 15.2. The first-order chi connectivity index (χ1) is 7.03. The Balaban J connectivity index is 2.19. The third-order valence-electron chi connectivity index (χ3n) is 3.63. The summed E-state index contributed by atoms with van der Waals surface area (Å²) in [6.07, 6.45) is 4.03. The molecule has 0 aromatic carbocycles. The molecule has 15 heavy (non-hydrogen) atoms. The molecule has 1 saturated heterocycles. The molecule has 0 unspecified atom stereocenters. The fraction of sp³-hybridized carbons (Fsp3) is 1.00. The Morgan fingerprint density at radius 1 is 1.00 bits per heavy atom. The lowest BCUT2D eigenvalue weighted by Crippen LogP contribution is -2.45. The van der Waals surface area contributed by atoms with Gasteiger partial charge in [0.15, 0.2) is 0 Å². The summed E-state index contributed by atoms with van der Waals surface area (Å²) in [4.78, 5) is 5.05. The van der Waals surface area contributed by atoms with Crippen LogP contribution in [0, 0.1) is 5.41 Å². The fourth-order valence-corrected chi connectivity index (χ4v) is 2.33. The van der Waals surface area contributed by atoms with Crippen molar-refractivity contribution in [1.29, 1.82) is 0 Å². The first-order valence-corrected chi connectivity index (χ1v) is 6.44. The van der Waals surface area contributed by atoms with Crippen molar-refractivity contribution in [3.63, 3.8) is 0 Å². The maximum atomic E-state index is 2.62. The SMILES string of the molecule is CCCC(C)(C)CCN1CCN(C)CC1. The molecule has 0 N–H and O–H groups in total. The van der Waals surface area contributed by atoms with Gasteiger partial charge in [-0.15, -0.1) is 0 Å². The van der Waals surface area contributed by atoms with Crippen LogP contribution in [-0.4, -0.2) is 49.6 Å². The highest BCUT2D eigenvalue weighted by Crippen LogP contribution is 2.26. The van der Waals surface area contributed by atoms with Gasteiger partial charge < -0.3 is 9.80 Å². The lowest BCUT2D eigenvalue weighted by molar-refractivity contribution is 0.134. The Bertz CT molecular complexity index is 169.